The molecule has 0 fully saturated rings. The van der Waals surface area contributed by atoms with E-state index in [4.69, 9.17) is 28.5 Å². The van der Waals surface area contributed by atoms with E-state index in [0.717, 1.165) is 0 Å². The first kappa shape index (κ1) is 10.8. The Hall–Kier alpha value is -1.31. The molecule has 0 aromatic heterocycles. The minimum absolute atomic E-state index is 0.0374. The zero-order valence-electron chi connectivity index (χ0n) is 6.83. The summed E-state index contributed by atoms with van der Waals surface area (Å²) in [6.07, 6.45) is 0.0374. The van der Waals surface area contributed by atoms with Crippen molar-refractivity contribution in [2.75, 3.05) is 0 Å². The SMILES string of the molecule is N#CCc1c(Cl)cc([N+](=O)[O-])cc1Cl. The van der Waals surface area contributed by atoms with Gasteiger partial charge in [-0.3, -0.25) is 10.1 Å². The van der Waals surface area contributed by atoms with Crippen LogP contribution in [-0.2, 0) is 6.42 Å². The van der Waals surface area contributed by atoms with E-state index >= 15 is 0 Å². The van der Waals surface area contributed by atoms with Crippen LogP contribution < -0.4 is 0 Å². The van der Waals surface area contributed by atoms with E-state index in [2.05, 4.69) is 0 Å². The summed E-state index contributed by atoms with van der Waals surface area (Å²) in [4.78, 5) is 9.81. The Morgan fingerprint density at radius 1 is 1.43 bits per heavy atom. The van der Waals surface area contributed by atoms with Crippen molar-refractivity contribution >= 4 is 28.9 Å². The number of rotatable bonds is 2. The Bertz CT molecular complexity index is 403. The molecule has 0 aliphatic heterocycles. The molecule has 0 unspecified atom stereocenters. The molecule has 0 N–H and O–H groups in total. The predicted molar refractivity (Wildman–Crippen MR) is 52.4 cm³/mol. The Labute approximate surface area is 89.8 Å². The van der Waals surface area contributed by atoms with Crippen molar-refractivity contribution in [3.63, 3.8) is 0 Å². The highest BCUT2D eigenvalue weighted by Crippen LogP contribution is 2.30. The number of hydrogen-bond donors (Lipinski definition) is 0. The number of nitro benzene ring substituents is 1. The third-order valence-corrected chi connectivity index (χ3v) is 2.27. The monoisotopic (exact) mass is 230 g/mol. The fourth-order valence-electron chi connectivity index (χ4n) is 0.943. The lowest BCUT2D eigenvalue weighted by molar-refractivity contribution is -0.384. The van der Waals surface area contributed by atoms with Crippen LogP contribution in [-0.4, -0.2) is 4.92 Å². The molecule has 0 atom stereocenters. The Morgan fingerprint density at radius 3 is 2.29 bits per heavy atom. The summed E-state index contributed by atoms with van der Waals surface area (Å²) in [5, 5.41) is 19.1. The molecule has 0 saturated heterocycles. The third kappa shape index (κ3) is 2.13. The molecule has 72 valence electrons. The first-order valence-electron chi connectivity index (χ1n) is 3.55. The van der Waals surface area contributed by atoms with E-state index in [1.807, 2.05) is 6.07 Å². The summed E-state index contributed by atoms with van der Waals surface area (Å²) in [6.45, 7) is 0. The fourth-order valence-corrected chi connectivity index (χ4v) is 1.55. The van der Waals surface area contributed by atoms with Crippen LogP contribution in [0.25, 0.3) is 0 Å². The summed E-state index contributed by atoms with van der Waals surface area (Å²) in [5.74, 6) is 0. The van der Waals surface area contributed by atoms with E-state index in [1.54, 1.807) is 0 Å². The zero-order valence-corrected chi connectivity index (χ0v) is 8.34. The normalized spacial score (nSPS) is 9.50. The molecule has 6 heteroatoms. The smallest absolute Gasteiger partial charge is 0.258 e. The number of hydrogen-bond acceptors (Lipinski definition) is 3. The van der Waals surface area contributed by atoms with Crippen molar-refractivity contribution in [2.45, 2.75) is 6.42 Å². The van der Waals surface area contributed by atoms with Crippen LogP contribution in [0.4, 0.5) is 5.69 Å². The van der Waals surface area contributed by atoms with Crippen LogP contribution in [0.5, 0.6) is 0 Å². The van der Waals surface area contributed by atoms with Gasteiger partial charge in [0.25, 0.3) is 5.69 Å². The zero-order chi connectivity index (χ0) is 10.7. The third-order valence-electron chi connectivity index (χ3n) is 1.59. The largest absolute Gasteiger partial charge is 0.272 e. The Balaban J connectivity index is 3.26. The standard InChI is InChI=1S/C8H4Cl2N2O2/c9-7-3-5(12(13)14)4-8(10)6(7)1-2-11/h3-4H,1H2. The fraction of sp³-hybridized carbons (Fsp3) is 0.125. The molecule has 14 heavy (non-hydrogen) atoms. The summed E-state index contributed by atoms with van der Waals surface area (Å²) in [6, 6.07) is 4.24. The van der Waals surface area contributed by atoms with E-state index < -0.39 is 4.92 Å². The highest BCUT2D eigenvalue weighted by atomic mass is 35.5. The van der Waals surface area contributed by atoms with Crippen molar-refractivity contribution in [3.05, 3.63) is 37.9 Å². The quantitative estimate of drug-likeness (QED) is 0.580. The first-order valence-corrected chi connectivity index (χ1v) is 4.31. The first-order chi connectivity index (χ1) is 6.56. The lowest BCUT2D eigenvalue weighted by Gasteiger charge is -2.01. The molecule has 0 bridgehead atoms. The maximum absolute atomic E-state index is 10.4. The van der Waals surface area contributed by atoms with Gasteiger partial charge in [-0.2, -0.15) is 5.26 Å². The summed E-state index contributed by atoms with van der Waals surface area (Å²) >= 11 is 11.4. The average Bonchev–Trinajstić information content (AvgIpc) is 2.10. The Morgan fingerprint density at radius 2 is 1.93 bits per heavy atom. The van der Waals surface area contributed by atoms with Gasteiger partial charge in [0.15, 0.2) is 0 Å². The van der Waals surface area contributed by atoms with Crippen molar-refractivity contribution in [1.29, 1.82) is 5.26 Å². The minimum atomic E-state index is -0.589. The molecule has 4 nitrogen and oxygen atoms in total. The molecule has 0 saturated carbocycles. The van der Waals surface area contributed by atoms with Crippen molar-refractivity contribution in [2.24, 2.45) is 0 Å². The van der Waals surface area contributed by atoms with Gasteiger partial charge in [-0.1, -0.05) is 23.2 Å². The van der Waals surface area contributed by atoms with Crippen molar-refractivity contribution in [3.8, 4) is 6.07 Å². The van der Waals surface area contributed by atoms with Crippen molar-refractivity contribution in [1.82, 2.24) is 0 Å². The number of benzene rings is 1. The number of nitro groups is 1. The molecule has 0 aliphatic rings. The van der Waals surface area contributed by atoms with Crippen molar-refractivity contribution < 1.29 is 4.92 Å². The maximum Gasteiger partial charge on any atom is 0.272 e. The van der Waals surface area contributed by atoms with Gasteiger partial charge in [0.1, 0.15) is 0 Å². The highest BCUT2D eigenvalue weighted by molar-refractivity contribution is 6.36. The molecule has 1 rings (SSSR count). The van der Waals surface area contributed by atoms with Crippen LogP contribution in [0.2, 0.25) is 10.0 Å². The van der Waals surface area contributed by atoms with Gasteiger partial charge in [-0.15, -0.1) is 0 Å². The second-order valence-corrected chi connectivity index (χ2v) is 3.29. The average molecular weight is 231 g/mol. The van der Waals surface area contributed by atoms with E-state index in [1.165, 1.54) is 12.1 Å². The number of halogens is 2. The molecule has 0 aliphatic carbocycles. The predicted octanol–water partition coefficient (Wildman–Crippen LogP) is 2.97. The summed E-state index contributed by atoms with van der Waals surface area (Å²) < 4.78 is 0. The molecule has 1 aromatic rings. The highest BCUT2D eigenvalue weighted by Gasteiger charge is 2.13. The van der Waals surface area contributed by atoms with Gasteiger partial charge in [0.2, 0.25) is 0 Å². The summed E-state index contributed by atoms with van der Waals surface area (Å²) in [7, 11) is 0. The topological polar surface area (TPSA) is 66.9 Å². The van der Waals surface area contributed by atoms with E-state index in [9.17, 15) is 10.1 Å². The van der Waals surface area contributed by atoms with Gasteiger partial charge in [0, 0.05) is 17.7 Å². The lowest BCUT2D eigenvalue weighted by atomic mass is 10.1. The van der Waals surface area contributed by atoms with E-state index in [0.29, 0.717) is 5.56 Å². The maximum atomic E-state index is 10.4. The van der Waals surface area contributed by atoms with E-state index in [-0.39, 0.29) is 22.2 Å². The molecule has 1 aromatic carbocycles. The van der Waals surface area contributed by atoms with Crippen LogP contribution in [0.15, 0.2) is 12.1 Å². The van der Waals surface area contributed by atoms with Crippen LogP contribution in [0, 0.1) is 21.4 Å². The van der Waals surface area contributed by atoms with Crippen LogP contribution in [0.1, 0.15) is 5.56 Å². The van der Waals surface area contributed by atoms with Crippen LogP contribution in [0.3, 0.4) is 0 Å². The molecular weight excluding hydrogens is 227 g/mol. The van der Waals surface area contributed by atoms with Gasteiger partial charge in [0.05, 0.1) is 27.5 Å². The molecule has 0 spiro atoms. The number of non-ortho nitro benzene ring substituents is 1. The van der Waals surface area contributed by atoms with Crippen LogP contribution >= 0.6 is 23.2 Å². The second-order valence-electron chi connectivity index (χ2n) is 2.48. The summed E-state index contributed by atoms with van der Waals surface area (Å²) in [5.41, 5.74) is 0.239. The Kier molecular flexibility index (Phi) is 3.28. The number of nitrogens with zero attached hydrogens (tertiary/aromatic N) is 2. The van der Waals surface area contributed by atoms with Gasteiger partial charge in [-0.05, 0) is 0 Å². The molecule has 0 heterocycles. The molecule has 0 radical (unpaired) electrons. The second kappa shape index (κ2) is 4.27. The van der Waals surface area contributed by atoms with Gasteiger partial charge in [-0.25, -0.2) is 0 Å². The lowest BCUT2D eigenvalue weighted by Crippen LogP contribution is -1.92. The van der Waals surface area contributed by atoms with Gasteiger partial charge < -0.3 is 0 Å². The molecule has 0 amide bonds. The molecular formula is C8H4Cl2N2O2. The minimum Gasteiger partial charge on any atom is -0.258 e. The number of nitriles is 1. The van der Waals surface area contributed by atoms with Gasteiger partial charge >= 0.3 is 0 Å².